The molecule has 3 aromatic rings. The predicted molar refractivity (Wildman–Crippen MR) is 97.6 cm³/mol. The first-order valence-corrected chi connectivity index (χ1v) is 9.73. The van der Waals surface area contributed by atoms with Gasteiger partial charge in [-0.2, -0.15) is 5.10 Å². The molecule has 2 aromatic heterocycles. The van der Waals surface area contributed by atoms with Crippen molar-refractivity contribution in [2.75, 3.05) is 17.1 Å². The minimum absolute atomic E-state index is 0.131. The molecule has 1 aromatic carbocycles. The van der Waals surface area contributed by atoms with Crippen molar-refractivity contribution in [3.63, 3.8) is 0 Å². The van der Waals surface area contributed by atoms with Crippen molar-refractivity contribution in [3.05, 3.63) is 52.8 Å². The highest BCUT2D eigenvalue weighted by Crippen LogP contribution is 2.28. The molecule has 0 aliphatic rings. The fourth-order valence-electron chi connectivity index (χ4n) is 2.74. The molecule has 0 radical (unpaired) electrons. The number of anilines is 1. The van der Waals surface area contributed by atoms with Crippen molar-refractivity contribution in [3.8, 4) is 11.3 Å². The Kier molecular flexibility index (Phi) is 4.60. The van der Waals surface area contributed by atoms with Crippen molar-refractivity contribution < 1.29 is 13.3 Å². The van der Waals surface area contributed by atoms with Gasteiger partial charge in [0.15, 0.2) is 0 Å². The zero-order valence-electron chi connectivity index (χ0n) is 14.2. The summed E-state index contributed by atoms with van der Waals surface area (Å²) >= 11 is 0. The fourth-order valence-corrected chi connectivity index (χ4v) is 3.75. The maximum atomic E-state index is 12.1. The van der Waals surface area contributed by atoms with Crippen LogP contribution in [0.25, 0.3) is 16.9 Å². The standard InChI is InChI=1S/C16H17N5O4S/c1-3-9-19(26(2,24)25)13-6-4-5-12(10-13)14-7-8-17-16-15(21(22)23)11-18-20(14)16/h4-8,10-11H,3,9H2,1-2H3. The lowest BCUT2D eigenvalue weighted by molar-refractivity contribution is -0.383. The van der Waals surface area contributed by atoms with E-state index in [9.17, 15) is 18.5 Å². The second-order valence-electron chi connectivity index (χ2n) is 5.74. The number of benzene rings is 1. The van der Waals surface area contributed by atoms with Crippen LogP contribution in [-0.2, 0) is 10.0 Å². The molecule has 0 N–H and O–H groups in total. The molecule has 0 unspecified atom stereocenters. The second-order valence-corrected chi connectivity index (χ2v) is 7.64. The van der Waals surface area contributed by atoms with Crippen LogP contribution in [0, 0.1) is 10.1 Å². The van der Waals surface area contributed by atoms with E-state index >= 15 is 0 Å². The van der Waals surface area contributed by atoms with Gasteiger partial charge < -0.3 is 0 Å². The van der Waals surface area contributed by atoms with Crippen molar-refractivity contribution in [1.29, 1.82) is 0 Å². The summed E-state index contributed by atoms with van der Waals surface area (Å²) in [7, 11) is -3.42. The minimum atomic E-state index is -3.42. The number of rotatable bonds is 6. The summed E-state index contributed by atoms with van der Waals surface area (Å²) in [5, 5.41) is 15.1. The monoisotopic (exact) mass is 375 g/mol. The van der Waals surface area contributed by atoms with E-state index in [1.807, 2.05) is 6.92 Å². The van der Waals surface area contributed by atoms with E-state index < -0.39 is 14.9 Å². The normalized spacial score (nSPS) is 11.6. The number of nitrogens with zero attached hydrogens (tertiary/aromatic N) is 5. The van der Waals surface area contributed by atoms with E-state index in [1.165, 1.54) is 15.0 Å². The van der Waals surface area contributed by atoms with Crippen LogP contribution >= 0.6 is 0 Å². The molecule has 9 nitrogen and oxygen atoms in total. The van der Waals surface area contributed by atoms with Crippen LogP contribution < -0.4 is 4.31 Å². The third-order valence-electron chi connectivity index (χ3n) is 3.84. The molecule has 0 saturated heterocycles. The molecular weight excluding hydrogens is 358 g/mol. The largest absolute Gasteiger partial charge is 0.333 e. The number of hydrogen-bond acceptors (Lipinski definition) is 6. The zero-order valence-corrected chi connectivity index (χ0v) is 15.0. The lowest BCUT2D eigenvalue weighted by Gasteiger charge is -2.22. The van der Waals surface area contributed by atoms with Gasteiger partial charge in [0, 0.05) is 18.3 Å². The van der Waals surface area contributed by atoms with Gasteiger partial charge in [-0.1, -0.05) is 19.1 Å². The van der Waals surface area contributed by atoms with Crippen molar-refractivity contribution in [1.82, 2.24) is 14.6 Å². The molecular formula is C16H17N5O4S. The first-order chi connectivity index (χ1) is 12.3. The smallest absolute Gasteiger partial charge is 0.270 e. The van der Waals surface area contributed by atoms with Gasteiger partial charge in [-0.05, 0) is 24.6 Å². The number of fused-ring (bicyclic) bond motifs is 1. The molecule has 0 amide bonds. The lowest BCUT2D eigenvalue weighted by atomic mass is 10.1. The van der Waals surface area contributed by atoms with Gasteiger partial charge in [-0.3, -0.25) is 14.4 Å². The Bertz CT molecular complexity index is 1080. The average Bonchev–Trinajstić information content (AvgIpc) is 3.03. The molecule has 0 bridgehead atoms. The first-order valence-electron chi connectivity index (χ1n) is 7.88. The Morgan fingerprint density at radius 1 is 1.31 bits per heavy atom. The fraction of sp³-hybridized carbons (Fsp3) is 0.250. The number of aromatic nitrogens is 3. The van der Waals surface area contributed by atoms with Gasteiger partial charge in [-0.15, -0.1) is 0 Å². The Morgan fingerprint density at radius 3 is 2.73 bits per heavy atom. The van der Waals surface area contributed by atoms with Gasteiger partial charge in [0.1, 0.15) is 6.20 Å². The summed E-state index contributed by atoms with van der Waals surface area (Å²) in [5.41, 5.74) is 1.73. The summed E-state index contributed by atoms with van der Waals surface area (Å²) in [6, 6.07) is 8.64. The Morgan fingerprint density at radius 2 is 2.08 bits per heavy atom. The topological polar surface area (TPSA) is 111 Å². The molecule has 10 heteroatoms. The average molecular weight is 375 g/mol. The number of hydrogen-bond donors (Lipinski definition) is 0. The summed E-state index contributed by atoms with van der Waals surface area (Å²) in [6.45, 7) is 2.26. The number of nitro groups is 1. The maximum Gasteiger partial charge on any atom is 0.333 e. The molecule has 0 aliphatic carbocycles. The third-order valence-corrected chi connectivity index (χ3v) is 5.03. The maximum absolute atomic E-state index is 12.1. The third kappa shape index (κ3) is 3.23. The van der Waals surface area contributed by atoms with Gasteiger partial charge in [0.25, 0.3) is 0 Å². The van der Waals surface area contributed by atoms with E-state index in [4.69, 9.17) is 0 Å². The highest BCUT2D eigenvalue weighted by Gasteiger charge is 2.20. The minimum Gasteiger partial charge on any atom is -0.270 e. The molecule has 26 heavy (non-hydrogen) atoms. The van der Waals surface area contributed by atoms with Crippen LogP contribution in [0.4, 0.5) is 11.4 Å². The summed E-state index contributed by atoms with van der Waals surface area (Å²) in [4.78, 5) is 14.6. The SMILES string of the molecule is CCCN(c1cccc(-c2ccnc3c([N+](=O)[O-])cnn23)c1)S(C)(=O)=O. The van der Waals surface area contributed by atoms with Crippen molar-refractivity contribution in [2.24, 2.45) is 0 Å². The lowest BCUT2D eigenvalue weighted by Crippen LogP contribution is -2.30. The van der Waals surface area contributed by atoms with Crippen LogP contribution in [0.1, 0.15) is 13.3 Å². The van der Waals surface area contributed by atoms with Gasteiger partial charge in [-0.25, -0.2) is 17.9 Å². The molecule has 0 fully saturated rings. The van der Waals surface area contributed by atoms with Gasteiger partial charge in [0.2, 0.25) is 15.7 Å². The Hall–Kier alpha value is -3.01. The molecule has 3 rings (SSSR count). The Balaban J connectivity index is 2.14. The quantitative estimate of drug-likeness (QED) is 0.483. The van der Waals surface area contributed by atoms with E-state index in [0.29, 0.717) is 29.9 Å². The van der Waals surface area contributed by atoms with Crippen molar-refractivity contribution in [2.45, 2.75) is 13.3 Å². The first kappa shape index (κ1) is 17.8. The van der Waals surface area contributed by atoms with E-state index in [1.54, 1.807) is 30.3 Å². The molecule has 2 heterocycles. The van der Waals surface area contributed by atoms with Crippen LogP contribution in [0.2, 0.25) is 0 Å². The van der Waals surface area contributed by atoms with E-state index in [0.717, 1.165) is 12.5 Å². The van der Waals surface area contributed by atoms with Crippen LogP contribution in [0.5, 0.6) is 0 Å². The molecule has 0 aliphatic heterocycles. The van der Waals surface area contributed by atoms with Crippen molar-refractivity contribution >= 4 is 27.0 Å². The van der Waals surface area contributed by atoms with Crippen LogP contribution in [0.3, 0.4) is 0 Å². The highest BCUT2D eigenvalue weighted by molar-refractivity contribution is 7.92. The molecule has 136 valence electrons. The second kappa shape index (κ2) is 6.71. The Labute approximate surface area is 150 Å². The van der Waals surface area contributed by atoms with Gasteiger partial charge >= 0.3 is 5.69 Å². The van der Waals surface area contributed by atoms with E-state index in [2.05, 4.69) is 10.1 Å². The highest BCUT2D eigenvalue weighted by atomic mass is 32.2. The summed E-state index contributed by atoms with van der Waals surface area (Å²) in [6.07, 6.45) is 4.45. The molecule has 0 atom stereocenters. The zero-order chi connectivity index (χ0) is 18.9. The predicted octanol–water partition coefficient (Wildman–Crippen LogP) is 2.48. The van der Waals surface area contributed by atoms with Gasteiger partial charge in [0.05, 0.1) is 22.6 Å². The van der Waals surface area contributed by atoms with E-state index in [-0.39, 0.29) is 11.3 Å². The van der Waals surface area contributed by atoms with Crippen LogP contribution in [-0.4, -0.2) is 40.7 Å². The summed E-state index contributed by atoms with van der Waals surface area (Å²) < 4.78 is 26.9. The summed E-state index contributed by atoms with van der Waals surface area (Å²) in [5.74, 6) is 0. The molecule has 0 spiro atoms. The number of sulfonamides is 1. The van der Waals surface area contributed by atoms with Crippen LogP contribution in [0.15, 0.2) is 42.7 Å². The molecule has 0 saturated carbocycles.